The Morgan fingerprint density at radius 3 is 2.86 bits per heavy atom. The van der Waals surface area contributed by atoms with E-state index in [0.717, 1.165) is 12.0 Å². The van der Waals surface area contributed by atoms with E-state index in [-0.39, 0.29) is 11.7 Å². The number of benzene rings is 1. The van der Waals surface area contributed by atoms with Crippen molar-refractivity contribution < 1.29 is 17.9 Å². The number of unbranched alkanes of at least 4 members (excludes halogenated alkanes) is 1. The first kappa shape index (κ1) is 16.8. The highest BCUT2D eigenvalue weighted by Crippen LogP contribution is 2.30. The van der Waals surface area contributed by atoms with Crippen LogP contribution in [0.15, 0.2) is 18.2 Å². The average molecular weight is 326 g/mol. The number of carbonyl (C=O) groups is 1. The van der Waals surface area contributed by atoms with E-state index in [2.05, 4.69) is 10.0 Å². The van der Waals surface area contributed by atoms with Crippen LogP contribution in [0.1, 0.15) is 32.3 Å². The summed E-state index contributed by atoms with van der Waals surface area (Å²) in [5.74, 6) is 0.624. The predicted molar refractivity (Wildman–Crippen MR) is 85.6 cm³/mol. The molecule has 0 saturated carbocycles. The van der Waals surface area contributed by atoms with Gasteiger partial charge in [-0.15, -0.1) is 0 Å². The first-order valence-electron chi connectivity index (χ1n) is 7.49. The van der Waals surface area contributed by atoms with Crippen LogP contribution in [0.4, 0.5) is 5.69 Å². The van der Waals surface area contributed by atoms with E-state index in [9.17, 15) is 13.2 Å². The van der Waals surface area contributed by atoms with Gasteiger partial charge < -0.3 is 10.1 Å². The van der Waals surface area contributed by atoms with E-state index < -0.39 is 16.1 Å². The van der Waals surface area contributed by atoms with Crippen LogP contribution >= 0.6 is 0 Å². The summed E-state index contributed by atoms with van der Waals surface area (Å²) in [6, 6.07) is 5.50. The molecule has 22 heavy (non-hydrogen) atoms. The Kier molecular flexibility index (Phi) is 5.42. The van der Waals surface area contributed by atoms with Crippen LogP contribution in [0.3, 0.4) is 0 Å². The molecule has 6 nitrogen and oxygen atoms in total. The molecule has 0 aromatic heterocycles. The monoisotopic (exact) mass is 326 g/mol. The van der Waals surface area contributed by atoms with Gasteiger partial charge in [0.15, 0.2) is 6.10 Å². The third kappa shape index (κ3) is 4.45. The molecule has 1 amide bonds. The van der Waals surface area contributed by atoms with Gasteiger partial charge in [0.2, 0.25) is 10.0 Å². The number of anilines is 1. The van der Waals surface area contributed by atoms with Crippen LogP contribution < -0.4 is 14.8 Å². The largest absolute Gasteiger partial charge is 0.479 e. The van der Waals surface area contributed by atoms with E-state index in [1.807, 2.05) is 19.1 Å². The maximum Gasteiger partial charge on any atom is 0.265 e. The number of hydrogen-bond donors (Lipinski definition) is 2. The van der Waals surface area contributed by atoms with Crippen molar-refractivity contribution in [3.8, 4) is 5.75 Å². The van der Waals surface area contributed by atoms with Crippen molar-refractivity contribution in [2.24, 2.45) is 0 Å². The highest BCUT2D eigenvalue weighted by molar-refractivity contribution is 7.89. The summed E-state index contributed by atoms with van der Waals surface area (Å²) in [4.78, 5) is 11.6. The standard InChI is InChI=1S/C15H22N2O4S/c1-3-4-9-22(19,20)16-8-7-12-5-6-14-13(10-12)17-15(18)11(2)21-14/h5-6,10-11,16H,3-4,7-9H2,1-2H3,(H,17,18). The Morgan fingerprint density at radius 2 is 2.14 bits per heavy atom. The van der Waals surface area contributed by atoms with Gasteiger partial charge in [0.05, 0.1) is 11.4 Å². The molecule has 7 heteroatoms. The smallest absolute Gasteiger partial charge is 0.265 e. The Labute approximate surface area is 131 Å². The normalized spacial score (nSPS) is 17.5. The molecule has 1 atom stereocenters. The Morgan fingerprint density at radius 1 is 1.36 bits per heavy atom. The van der Waals surface area contributed by atoms with Crippen molar-refractivity contribution in [2.75, 3.05) is 17.6 Å². The predicted octanol–water partition coefficient (Wildman–Crippen LogP) is 1.67. The summed E-state index contributed by atoms with van der Waals surface area (Å²) >= 11 is 0. The molecule has 1 aromatic rings. The van der Waals surface area contributed by atoms with Crippen LogP contribution in [0, 0.1) is 0 Å². The number of rotatable bonds is 7. The molecule has 1 aromatic carbocycles. The molecular weight excluding hydrogens is 304 g/mol. The van der Waals surface area contributed by atoms with Crippen molar-refractivity contribution in [3.63, 3.8) is 0 Å². The highest BCUT2D eigenvalue weighted by Gasteiger charge is 2.23. The molecule has 1 aliphatic rings. The summed E-state index contributed by atoms with van der Waals surface area (Å²) in [5, 5.41) is 2.78. The summed E-state index contributed by atoms with van der Waals surface area (Å²) in [6.07, 6.45) is 1.58. The molecule has 1 heterocycles. The number of sulfonamides is 1. The first-order valence-corrected chi connectivity index (χ1v) is 9.14. The zero-order chi connectivity index (χ0) is 16.2. The van der Waals surface area contributed by atoms with E-state index in [0.29, 0.717) is 30.8 Å². The minimum atomic E-state index is -3.19. The third-order valence-corrected chi connectivity index (χ3v) is 4.95. The second-order valence-electron chi connectivity index (χ2n) is 5.40. The third-order valence-electron chi connectivity index (χ3n) is 3.48. The molecule has 2 N–H and O–H groups in total. The lowest BCUT2D eigenvalue weighted by Crippen LogP contribution is -2.34. The van der Waals surface area contributed by atoms with Gasteiger partial charge >= 0.3 is 0 Å². The van der Waals surface area contributed by atoms with Crippen molar-refractivity contribution in [1.29, 1.82) is 0 Å². The van der Waals surface area contributed by atoms with Crippen molar-refractivity contribution in [1.82, 2.24) is 4.72 Å². The number of carbonyl (C=O) groups excluding carboxylic acids is 1. The topological polar surface area (TPSA) is 84.5 Å². The van der Waals surface area contributed by atoms with E-state index in [4.69, 9.17) is 4.74 Å². The fourth-order valence-corrected chi connectivity index (χ4v) is 3.39. The fourth-order valence-electron chi connectivity index (χ4n) is 2.17. The average Bonchev–Trinajstić information content (AvgIpc) is 2.46. The number of nitrogens with one attached hydrogen (secondary N) is 2. The summed E-state index contributed by atoms with van der Waals surface area (Å²) < 4.78 is 31.5. The van der Waals surface area contributed by atoms with Gasteiger partial charge in [0, 0.05) is 6.54 Å². The maximum atomic E-state index is 11.7. The molecule has 0 bridgehead atoms. The van der Waals surface area contributed by atoms with Gasteiger partial charge in [0.1, 0.15) is 5.75 Å². The minimum Gasteiger partial charge on any atom is -0.479 e. The molecule has 0 aliphatic carbocycles. The van der Waals surface area contributed by atoms with Gasteiger partial charge in [-0.1, -0.05) is 19.4 Å². The van der Waals surface area contributed by atoms with Crippen LogP contribution in [0.2, 0.25) is 0 Å². The van der Waals surface area contributed by atoms with E-state index >= 15 is 0 Å². The minimum absolute atomic E-state index is 0.162. The zero-order valence-corrected chi connectivity index (χ0v) is 13.7. The quantitative estimate of drug-likeness (QED) is 0.798. The van der Waals surface area contributed by atoms with E-state index in [1.54, 1.807) is 13.0 Å². The SMILES string of the molecule is CCCCS(=O)(=O)NCCc1ccc2c(c1)NC(=O)C(C)O2. The number of amides is 1. The lowest BCUT2D eigenvalue weighted by molar-refractivity contribution is -0.122. The molecule has 0 spiro atoms. The Balaban J connectivity index is 1.92. The zero-order valence-electron chi connectivity index (χ0n) is 12.9. The molecule has 0 saturated heterocycles. The number of ether oxygens (including phenoxy) is 1. The van der Waals surface area contributed by atoms with Crippen LogP contribution in [-0.4, -0.2) is 32.7 Å². The summed E-state index contributed by atoms with van der Waals surface area (Å²) in [6.45, 7) is 3.99. The number of hydrogen-bond acceptors (Lipinski definition) is 4. The van der Waals surface area contributed by atoms with Gasteiger partial charge in [0.25, 0.3) is 5.91 Å². The molecule has 0 radical (unpaired) electrons. The van der Waals surface area contributed by atoms with Crippen molar-refractivity contribution >= 4 is 21.6 Å². The Hall–Kier alpha value is -1.60. The second kappa shape index (κ2) is 7.11. The Bertz CT molecular complexity index is 643. The second-order valence-corrected chi connectivity index (χ2v) is 7.32. The highest BCUT2D eigenvalue weighted by atomic mass is 32.2. The molecular formula is C15H22N2O4S. The van der Waals surface area contributed by atoms with E-state index in [1.165, 1.54) is 0 Å². The van der Waals surface area contributed by atoms with Crippen LogP contribution in [0.5, 0.6) is 5.75 Å². The molecule has 1 aliphatic heterocycles. The lowest BCUT2D eigenvalue weighted by atomic mass is 10.1. The molecule has 0 fully saturated rings. The molecule has 1 unspecified atom stereocenters. The van der Waals surface area contributed by atoms with Gasteiger partial charge in [-0.05, 0) is 37.5 Å². The van der Waals surface area contributed by atoms with Gasteiger partial charge in [-0.25, -0.2) is 13.1 Å². The van der Waals surface area contributed by atoms with Crippen LogP contribution in [0.25, 0.3) is 0 Å². The summed E-state index contributed by atoms with van der Waals surface area (Å²) in [7, 11) is -3.19. The molecule has 2 rings (SSSR count). The van der Waals surface area contributed by atoms with Gasteiger partial charge in [-0.2, -0.15) is 0 Å². The van der Waals surface area contributed by atoms with Crippen molar-refractivity contribution in [2.45, 2.75) is 39.2 Å². The lowest BCUT2D eigenvalue weighted by Gasteiger charge is -2.23. The van der Waals surface area contributed by atoms with Crippen molar-refractivity contribution in [3.05, 3.63) is 23.8 Å². The number of fused-ring (bicyclic) bond motifs is 1. The van der Waals surface area contributed by atoms with Gasteiger partial charge in [-0.3, -0.25) is 4.79 Å². The molecule has 122 valence electrons. The first-order chi connectivity index (χ1) is 10.4. The fraction of sp³-hybridized carbons (Fsp3) is 0.533. The summed E-state index contributed by atoms with van der Waals surface area (Å²) in [5.41, 5.74) is 1.57. The van der Waals surface area contributed by atoms with Crippen LogP contribution in [-0.2, 0) is 21.2 Å². The maximum absolute atomic E-state index is 11.7.